The van der Waals surface area contributed by atoms with Crippen LogP contribution in [0.4, 0.5) is 5.69 Å². The summed E-state index contributed by atoms with van der Waals surface area (Å²) in [7, 11) is 0. The number of benzene rings is 1. The Balaban J connectivity index is 3.16. The standard InChI is InChI=1S/C12H14N2O2/c1-9-7-10(2)12(14(15)16)8-11(9)5-3-4-6-13/h7-8H,4,6,13H2,1-2H3. The highest BCUT2D eigenvalue weighted by molar-refractivity contribution is 5.52. The highest BCUT2D eigenvalue weighted by atomic mass is 16.6. The first-order valence-electron chi connectivity index (χ1n) is 5.01. The SMILES string of the molecule is Cc1cc(C)c([N+](=O)[O-])cc1C#CCCN. The second-order valence-electron chi connectivity index (χ2n) is 3.55. The van der Waals surface area contributed by atoms with Gasteiger partial charge in [-0.15, -0.1) is 0 Å². The van der Waals surface area contributed by atoms with Crippen molar-refractivity contribution in [3.05, 3.63) is 38.9 Å². The van der Waals surface area contributed by atoms with Gasteiger partial charge in [-0.1, -0.05) is 11.8 Å². The molecular formula is C12H14N2O2. The zero-order valence-corrected chi connectivity index (χ0v) is 9.41. The van der Waals surface area contributed by atoms with Crippen molar-refractivity contribution in [2.45, 2.75) is 20.3 Å². The molecule has 2 N–H and O–H groups in total. The summed E-state index contributed by atoms with van der Waals surface area (Å²) in [6.07, 6.45) is 0.598. The topological polar surface area (TPSA) is 69.2 Å². The molecule has 0 aliphatic carbocycles. The Labute approximate surface area is 94.6 Å². The van der Waals surface area contributed by atoms with Crippen molar-refractivity contribution in [3.63, 3.8) is 0 Å². The van der Waals surface area contributed by atoms with E-state index in [1.165, 1.54) is 6.07 Å². The predicted molar refractivity (Wildman–Crippen MR) is 63.1 cm³/mol. The van der Waals surface area contributed by atoms with Crippen molar-refractivity contribution in [1.82, 2.24) is 0 Å². The third kappa shape index (κ3) is 2.81. The van der Waals surface area contributed by atoms with Crippen molar-refractivity contribution in [1.29, 1.82) is 0 Å². The van der Waals surface area contributed by atoms with E-state index in [1.54, 1.807) is 13.0 Å². The zero-order valence-electron chi connectivity index (χ0n) is 9.41. The summed E-state index contributed by atoms with van der Waals surface area (Å²) in [5, 5.41) is 10.8. The summed E-state index contributed by atoms with van der Waals surface area (Å²) in [6, 6.07) is 3.30. The van der Waals surface area contributed by atoms with Gasteiger partial charge in [-0.25, -0.2) is 0 Å². The minimum absolute atomic E-state index is 0.114. The van der Waals surface area contributed by atoms with Crippen LogP contribution in [0.2, 0.25) is 0 Å². The van der Waals surface area contributed by atoms with Crippen molar-refractivity contribution in [2.24, 2.45) is 5.73 Å². The normalized spacial score (nSPS) is 9.44. The van der Waals surface area contributed by atoms with Gasteiger partial charge >= 0.3 is 0 Å². The molecule has 1 aromatic carbocycles. The fourth-order valence-corrected chi connectivity index (χ4v) is 1.40. The average molecular weight is 218 g/mol. The Kier molecular flexibility index (Phi) is 4.03. The van der Waals surface area contributed by atoms with Crippen LogP contribution in [0.25, 0.3) is 0 Å². The first-order chi connectivity index (χ1) is 7.56. The summed E-state index contributed by atoms with van der Waals surface area (Å²) < 4.78 is 0. The van der Waals surface area contributed by atoms with Gasteiger partial charge < -0.3 is 5.73 Å². The molecule has 4 nitrogen and oxygen atoms in total. The van der Waals surface area contributed by atoms with E-state index in [0.717, 1.165) is 5.56 Å². The van der Waals surface area contributed by atoms with Gasteiger partial charge in [0.25, 0.3) is 5.69 Å². The lowest BCUT2D eigenvalue weighted by Gasteiger charge is -2.01. The van der Waals surface area contributed by atoms with Crippen LogP contribution in [0.5, 0.6) is 0 Å². The number of aryl methyl sites for hydroxylation is 2. The Morgan fingerprint density at radius 3 is 2.62 bits per heavy atom. The molecule has 4 heteroatoms. The molecular weight excluding hydrogens is 204 g/mol. The van der Waals surface area contributed by atoms with Crippen LogP contribution in [0.3, 0.4) is 0 Å². The van der Waals surface area contributed by atoms with E-state index in [0.29, 0.717) is 24.1 Å². The zero-order chi connectivity index (χ0) is 12.1. The van der Waals surface area contributed by atoms with E-state index >= 15 is 0 Å². The van der Waals surface area contributed by atoms with Crippen LogP contribution in [0.1, 0.15) is 23.1 Å². The maximum Gasteiger partial charge on any atom is 0.273 e. The van der Waals surface area contributed by atoms with E-state index in [4.69, 9.17) is 5.73 Å². The van der Waals surface area contributed by atoms with Gasteiger partial charge in [0.1, 0.15) is 0 Å². The van der Waals surface area contributed by atoms with Crippen LogP contribution in [-0.2, 0) is 0 Å². The van der Waals surface area contributed by atoms with Crippen molar-refractivity contribution < 1.29 is 4.92 Å². The molecule has 0 aliphatic rings. The van der Waals surface area contributed by atoms with Gasteiger partial charge in [-0.2, -0.15) is 0 Å². The third-order valence-electron chi connectivity index (χ3n) is 2.23. The molecule has 0 aromatic heterocycles. The van der Waals surface area contributed by atoms with Crippen molar-refractivity contribution in [2.75, 3.05) is 6.54 Å². The van der Waals surface area contributed by atoms with Crippen molar-refractivity contribution >= 4 is 5.69 Å². The molecule has 0 fully saturated rings. The van der Waals surface area contributed by atoms with Gasteiger partial charge in [0.05, 0.1) is 4.92 Å². The summed E-state index contributed by atoms with van der Waals surface area (Å²) >= 11 is 0. The minimum atomic E-state index is -0.386. The molecule has 1 rings (SSSR count). The molecule has 0 saturated carbocycles. The molecule has 0 saturated heterocycles. The first-order valence-corrected chi connectivity index (χ1v) is 5.01. The Morgan fingerprint density at radius 2 is 2.06 bits per heavy atom. The number of hydrogen-bond acceptors (Lipinski definition) is 3. The number of rotatable bonds is 2. The maximum atomic E-state index is 10.8. The fourth-order valence-electron chi connectivity index (χ4n) is 1.40. The van der Waals surface area contributed by atoms with Gasteiger partial charge in [-0.3, -0.25) is 10.1 Å². The molecule has 0 amide bonds. The predicted octanol–water partition coefficient (Wildman–Crippen LogP) is 1.91. The number of nitro groups is 1. The van der Waals surface area contributed by atoms with Crippen LogP contribution < -0.4 is 5.73 Å². The number of nitrogens with two attached hydrogens (primary N) is 1. The lowest BCUT2D eigenvalue weighted by Crippen LogP contribution is -1.96. The molecule has 0 heterocycles. The highest BCUT2D eigenvalue weighted by Gasteiger charge is 2.12. The minimum Gasteiger partial charge on any atom is -0.330 e. The van der Waals surface area contributed by atoms with E-state index in [2.05, 4.69) is 11.8 Å². The molecule has 0 atom stereocenters. The molecule has 1 aromatic rings. The van der Waals surface area contributed by atoms with Gasteiger partial charge in [-0.05, 0) is 25.5 Å². The van der Waals surface area contributed by atoms with Crippen LogP contribution in [0, 0.1) is 35.8 Å². The number of nitrogens with zero attached hydrogens (tertiary/aromatic N) is 1. The summed E-state index contributed by atoms with van der Waals surface area (Å²) in [5.74, 6) is 5.78. The van der Waals surface area contributed by atoms with E-state index in [9.17, 15) is 10.1 Å². The second kappa shape index (κ2) is 5.29. The largest absolute Gasteiger partial charge is 0.330 e. The summed E-state index contributed by atoms with van der Waals surface area (Å²) in [6.45, 7) is 4.12. The molecule has 0 spiro atoms. The van der Waals surface area contributed by atoms with Gasteiger partial charge in [0, 0.05) is 30.2 Å². The third-order valence-corrected chi connectivity index (χ3v) is 2.23. The van der Waals surface area contributed by atoms with E-state index in [1.807, 2.05) is 6.92 Å². The van der Waals surface area contributed by atoms with Gasteiger partial charge in [0.2, 0.25) is 0 Å². The summed E-state index contributed by atoms with van der Waals surface area (Å²) in [5.41, 5.74) is 7.75. The maximum absolute atomic E-state index is 10.8. The van der Waals surface area contributed by atoms with Crippen LogP contribution >= 0.6 is 0 Å². The molecule has 0 unspecified atom stereocenters. The highest BCUT2D eigenvalue weighted by Crippen LogP contribution is 2.21. The monoisotopic (exact) mass is 218 g/mol. The van der Waals surface area contributed by atoms with E-state index in [-0.39, 0.29) is 10.6 Å². The lowest BCUT2D eigenvalue weighted by atomic mass is 10.0. The quantitative estimate of drug-likeness (QED) is 0.468. The molecule has 0 aliphatic heterocycles. The van der Waals surface area contributed by atoms with Crippen LogP contribution in [-0.4, -0.2) is 11.5 Å². The second-order valence-corrected chi connectivity index (χ2v) is 3.55. The average Bonchev–Trinajstić information content (AvgIpc) is 2.21. The van der Waals surface area contributed by atoms with Crippen LogP contribution in [0.15, 0.2) is 12.1 Å². The smallest absolute Gasteiger partial charge is 0.273 e. The molecule has 0 bridgehead atoms. The molecule has 84 valence electrons. The fraction of sp³-hybridized carbons (Fsp3) is 0.333. The lowest BCUT2D eigenvalue weighted by molar-refractivity contribution is -0.385. The van der Waals surface area contributed by atoms with E-state index < -0.39 is 0 Å². The molecule has 16 heavy (non-hydrogen) atoms. The molecule has 0 radical (unpaired) electrons. The number of nitro benzene ring substituents is 1. The Hall–Kier alpha value is -1.86. The Bertz CT molecular complexity index is 470. The summed E-state index contributed by atoms with van der Waals surface area (Å²) in [4.78, 5) is 10.4. The first kappa shape index (κ1) is 12.2. The van der Waals surface area contributed by atoms with Gasteiger partial charge in [0.15, 0.2) is 0 Å². The van der Waals surface area contributed by atoms with Crippen molar-refractivity contribution in [3.8, 4) is 11.8 Å². The Morgan fingerprint density at radius 1 is 1.38 bits per heavy atom. The number of hydrogen-bond donors (Lipinski definition) is 1.